The van der Waals surface area contributed by atoms with Crippen molar-refractivity contribution < 1.29 is 5.11 Å². The second-order valence-electron chi connectivity index (χ2n) is 4.50. The Kier molecular flexibility index (Phi) is 4.44. The van der Waals surface area contributed by atoms with Crippen molar-refractivity contribution in [2.75, 3.05) is 0 Å². The third-order valence-electron chi connectivity index (χ3n) is 2.91. The molecule has 1 N–H and O–H groups in total. The molecule has 0 saturated heterocycles. The first-order valence-corrected chi connectivity index (χ1v) is 7.30. The van der Waals surface area contributed by atoms with Crippen molar-refractivity contribution >= 4 is 22.9 Å². The number of aryl methyl sites for hydroxylation is 2. The van der Waals surface area contributed by atoms with E-state index in [2.05, 4.69) is 19.1 Å². The molecule has 1 aromatic carbocycles. The Labute approximate surface area is 117 Å². The van der Waals surface area contributed by atoms with Gasteiger partial charge in [0.25, 0.3) is 0 Å². The summed E-state index contributed by atoms with van der Waals surface area (Å²) in [5, 5.41) is 10.9. The van der Waals surface area contributed by atoms with E-state index in [4.69, 9.17) is 11.6 Å². The molecule has 96 valence electrons. The molecule has 0 saturated carbocycles. The molecule has 0 aliphatic rings. The average Bonchev–Trinajstić information content (AvgIpc) is 2.75. The number of thiophene rings is 1. The van der Waals surface area contributed by atoms with Gasteiger partial charge in [-0.25, -0.2) is 0 Å². The lowest BCUT2D eigenvalue weighted by atomic mass is 10.0. The highest BCUT2D eigenvalue weighted by Gasteiger charge is 2.11. The number of benzene rings is 1. The van der Waals surface area contributed by atoms with E-state index in [-0.39, 0.29) is 0 Å². The van der Waals surface area contributed by atoms with Crippen molar-refractivity contribution in [1.29, 1.82) is 0 Å². The smallest absolute Gasteiger partial charge is 0.0838 e. The van der Waals surface area contributed by atoms with Crippen LogP contribution >= 0.6 is 22.9 Å². The van der Waals surface area contributed by atoms with Crippen LogP contribution in [0.1, 0.15) is 33.9 Å². The third kappa shape index (κ3) is 3.35. The summed E-state index contributed by atoms with van der Waals surface area (Å²) < 4.78 is 0. The van der Waals surface area contributed by atoms with Gasteiger partial charge in [0.1, 0.15) is 0 Å². The summed E-state index contributed by atoms with van der Waals surface area (Å²) in [5.74, 6) is 0. The minimum atomic E-state index is -0.481. The molecule has 0 bridgehead atoms. The standard InChI is InChI=1S/C15H17ClOS/c1-3-13-4-5-14(18-13)9-15(17)11-6-10(2)7-12(16)8-11/h4-8,15,17H,3,9H2,1-2H3. The zero-order chi connectivity index (χ0) is 13.1. The molecule has 1 unspecified atom stereocenters. The van der Waals surface area contributed by atoms with Gasteiger partial charge in [-0.2, -0.15) is 0 Å². The molecule has 0 aliphatic carbocycles. The van der Waals surface area contributed by atoms with Crippen molar-refractivity contribution in [3.63, 3.8) is 0 Å². The van der Waals surface area contributed by atoms with Crippen molar-refractivity contribution in [3.8, 4) is 0 Å². The quantitative estimate of drug-likeness (QED) is 0.871. The van der Waals surface area contributed by atoms with Gasteiger partial charge in [-0.15, -0.1) is 11.3 Å². The Hall–Kier alpha value is -0.830. The first kappa shape index (κ1) is 13.6. The molecule has 1 aromatic heterocycles. The summed E-state index contributed by atoms with van der Waals surface area (Å²) in [6.45, 7) is 4.13. The number of hydrogen-bond acceptors (Lipinski definition) is 2. The number of hydrogen-bond donors (Lipinski definition) is 1. The molecule has 18 heavy (non-hydrogen) atoms. The van der Waals surface area contributed by atoms with Gasteiger partial charge in [0, 0.05) is 21.2 Å². The van der Waals surface area contributed by atoms with Crippen molar-refractivity contribution in [2.24, 2.45) is 0 Å². The molecule has 2 rings (SSSR count). The monoisotopic (exact) mass is 280 g/mol. The lowest BCUT2D eigenvalue weighted by Crippen LogP contribution is -2.00. The van der Waals surface area contributed by atoms with Gasteiger partial charge in [0.05, 0.1) is 6.10 Å². The molecular formula is C15H17ClOS. The van der Waals surface area contributed by atoms with Gasteiger partial charge in [0.2, 0.25) is 0 Å². The molecule has 0 amide bonds. The van der Waals surface area contributed by atoms with E-state index in [1.54, 1.807) is 11.3 Å². The van der Waals surface area contributed by atoms with Crippen LogP contribution in [-0.2, 0) is 12.8 Å². The summed E-state index contributed by atoms with van der Waals surface area (Å²) >= 11 is 7.79. The van der Waals surface area contributed by atoms with Crippen LogP contribution in [0.25, 0.3) is 0 Å². The zero-order valence-corrected chi connectivity index (χ0v) is 12.2. The molecule has 1 atom stereocenters. The van der Waals surface area contributed by atoms with Gasteiger partial charge >= 0.3 is 0 Å². The predicted octanol–water partition coefficient (Wildman–Crippen LogP) is 4.55. The molecule has 0 spiro atoms. The summed E-state index contributed by atoms with van der Waals surface area (Å²) in [6, 6.07) is 9.97. The second-order valence-corrected chi connectivity index (χ2v) is 6.19. The van der Waals surface area contributed by atoms with Crippen molar-refractivity contribution in [3.05, 3.63) is 56.2 Å². The van der Waals surface area contributed by atoms with E-state index in [9.17, 15) is 5.11 Å². The zero-order valence-electron chi connectivity index (χ0n) is 10.6. The van der Waals surface area contributed by atoms with Gasteiger partial charge in [-0.1, -0.05) is 24.6 Å². The normalized spacial score (nSPS) is 12.7. The Morgan fingerprint density at radius 2 is 1.94 bits per heavy atom. The van der Waals surface area contributed by atoms with Gasteiger partial charge in [0.15, 0.2) is 0 Å². The summed E-state index contributed by atoms with van der Waals surface area (Å²) in [4.78, 5) is 2.58. The molecule has 2 aromatic rings. The Morgan fingerprint density at radius 3 is 2.56 bits per heavy atom. The summed E-state index contributed by atoms with van der Waals surface area (Å²) in [7, 11) is 0. The fraction of sp³-hybridized carbons (Fsp3) is 0.333. The maximum absolute atomic E-state index is 10.3. The fourth-order valence-electron chi connectivity index (χ4n) is 1.99. The molecule has 1 nitrogen and oxygen atoms in total. The lowest BCUT2D eigenvalue weighted by molar-refractivity contribution is 0.179. The minimum absolute atomic E-state index is 0.481. The Bertz CT molecular complexity index is 513. The second kappa shape index (κ2) is 5.87. The lowest BCUT2D eigenvalue weighted by Gasteiger charge is -2.11. The van der Waals surface area contributed by atoms with E-state index in [1.165, 1.54) is 9.75 Å². The molecule has 0 fully saturated rings. The highest BCUT2D eigenvalue weighted by molar-refractivity contribution is 7.11. The number of halogens is 1. The van der Waals surface area contributed by atoms with E-state index in [1.807, 2.05) is 25.1 Å². The van der Waals surface area contributed by atoms with Crippen LogP contribution in [-0.4, -0.2) is 5.11 Å². The van der Waals surface area contributed by atoms with Crippen LogP contribution in [0, 0.1) is 6.92 Å². The van der Waals surface area contributed by atoms with Crippen LogP contribution in [0.15, 0.2) is 30.3 Å². The first-order valence-electron chi connectivity index (χ1n) is 6.11. The summed E-state index contributed by atoms with van der Waals surface area (Å²) in [6.07, 6.45) is 1.23. The maximum Gasteiger partial charge on any atom is 0.0838 e. The Morgan fingerprint density at radius 1 is 1.22 bits per heavy atom. The van der Waals surface area contributed by atoms with E-state index < -0.39 is 6.10 Å². The van der Waals surface area contributed by atoms with Crippen LogP contribution in [0.4, 0.5) is 0 Å². The average molecular weight is 281 g/mol. The predicted molar refractivity (Wildman–Crippen MR) is 78.5 cm³/mol. The fourth-order valence-corrected chi connectivity index (χ4v) is 3.28. The number of aliphatic hydroxyl groups excluding tert-OH is 1. The molecule has 1 heterocycles. The van der Waals surface area contributed by atoms with E-state index in [0.717, 1.165) is 17.5 Å². The Balaban J connectivity index is 2.13. The maximum atomic E-state index is 10.3. The van der Waals surface area contributed by atoms with Crippen LogP contribution in [0.2, 0.25) is 5.02 Å². The largest absolute Gasteiger partial charge is 0.388 e. The molecule has 0 radical (unpaired) electrons. The topological polar surface area (TPSA) is 20.2 Å². The number of aliphatic hydroxyl groups is 1. The minimum Gasteiger partial charge on any atom is -0.388 e. The van der Waals surface area contributed by atoms with Gasteiger partial charge in [-0.05, 0) is 48.7 Å². The molecular weight excluding hydrogens is 264 g/mol. The SMILES string of the molecule is CCc1ccc(CC(O)c2cc(C)cc(Cl)c2)s1. The van der Waals surface area contributed by atoms with Crippen molar-refractivity contribution in [2.45, 2.75) is 32.8 Å². The number of rotatable bonds is 4. The highest BCUT2D eigenvalue weighted by atomic mass is 35.5. The van der Waals surface area contributed by atoms with Gasteiger partial charge < -0.3 is 5.11 Å². The van der Waals surface area contributed by atoms with Gasteiger partial charge in [-0.3, -0.25) is 0 Å². The summed E-state index contributed by atoms with van der Waals surface area (Å²) in [5.41, 5.74) is 1.98. The first-order chi connectivity index (χ1) is 8.58. The molecule has 0 aliphatic heterocycles. The van der Waals surface area contributed by atoms with E-state index >= 15 is 0 Å². The third-order valence-corrected chi connectivity index (χ3v) is 4.38. The van der Waals surface area contributed by atoms with Crippen LogP contribution < -0.4 is 0 Å². The van der Waals surface area contributed by atoms with Crippen molar-refractivity contribution in [1.82, 2.24) is 0 Å². The highest BCUT2D eigenvalue weighted by Crippen LogP contribution is 2.26. The van der Waals surface area contributed by atoms with Crippen LogP contribution in [0.5, 0.6) is 0 Å². The van der Waals surface area contributed by atoms with E-state index in [0.29, 0.717) is 11.4 Å². The van der Waals surface area contributed by atoms with Crippen LogP contribution in [0.3, 0.4) is 0 Å². The molecule has 3 heteroatoms.